The lowest BCUT2D eigenvalue weighted by Crippen LogP contribution is -2.38. The molecule has 0 saturated carbocycles. The lowest BCUT2D eigenvalue weighted by Gasteiger charge is -2.15. The molecule has 1 fully saturated rings. The Bertz CT molecular complexity index is 278. The van der Waals surface area contributed by atoms with Crippen LogP contribution in [-0.4, -0.2) is 63.8 Å². The lowest BCUT2D eigenvalue weighted by molar-refractivity contribution is 0.129. The summed E-state index contributed by atoms with van der Waals surface area (Å²) in [6.07, 6.45) is 8.64. The fraction of sp³-hybridized carbons (Fsp3) is 0.941. The number of rotatable bonds is 12. The van der Waals surface area contributed by atoms with Crippen LogP contribution in [0.3, 0.4) is 0 Å². The Hall–Kier alpha value is -0.810. The minimum absolute atomic E-state index is 0.833. The first kappa shape index (κ1) is 19.2. The van der Waals surface area contributed by atoms with E-state index in [1.807, 2.05) is 7.05 Å². The van der Waals surface area contributed by atoms with Crippen molar-refractivity contribution in [2.75, 3.05) is 53.0 Å². The van der Waals surface area contributed by atoms with Gasteiger partial charge in [0.25, 0.3) is 0 Å². The van der Waals surface area contributed by atoms with E-state index >= 15 is 0 Å². The predicted octanol–water partition coefficient (Wildman–Crippen LogP) is 2.23. The van der Waals surface area contributed by atoms with E-state index in [1.165, 1.54) is 51.7 Å². The standard InChI is InChI=1S/C17H36N4O/c1-3-4-15-22-16-9-11-20-17(18-2)19-10-5-6-12-21-13-7-8-14-21/h3-16H2,1-2H3,(H2,18,19,20). The van der Waals surface area contributed by atoms with Crippen LogP contribution < -0.4 is 10.6 Å². The molecule has 1 saturated heterocycles. The summed E-state index contributed by atoms with van der Waals surface area (Å²) >= 11 is 0. The summed E-state index contributed by atoms with van der Waals surface area (Å²) in [4.78, 5) is 6.83. The fourth-order valence-corrected chi connectivity index (χ4v) is 2.62. The van der Waals surface area contributed by atoms with Gasteiger partial charge in [0.2, 0.25) is 0 Å². The number of hydrogen-bond acceptors (Lipinski definition) is 3. The maximum atomic E-state index is 5.55. The molecule has 0 aromatic rings. The van der Waals surface area contributed by atoms with Crippen molar-refractivity contribution in [3.8, 4) is 0 Å². The molecule has 5 heteroatoms. The molecule has 0 radical (unpaired) electrons. The first-order valence-corrected chi connectivity index (χ1v) is 9.11. The predicted molar refractivity (Wildman–Crippen MR) is 94.6 cm³/mol. The highest BCUT2D eigenvalue weighted by molar-refractivity contribution is 5.79. The van der Waals surface area contributed by atoms with E-state index in [1.54, 1.807) is 0 Å². The van der Waals surface area contributed by atoms with Gasteiger partial charge in [0.05, 0.1) is 0 Å². The number of unbranched alkanes of at least 4 members (excludes halogenated alkanes) is 2. The Morgan fingerprint density at radius 3 is 2.36 bits per heavy atom. The molecule has 1 aliphatic rings. The average Bonchev–Trinajstić information content (AvgIpc) is 3.05. The van der Waals surface area contributed by atoms with E-state index in [0.29, 0.717) is 0 Å². The molecule has 2 N–H and O–H groups in total. The molecule has 0 unspecified atom stereocenters. The van der Waals surface area contributed by atoms with Gasteiger partial charge in [0.1, 0.15) is 0 Å². The second-order valence-corrected chi connectivity index (χ2v) is 6.00. The Balaban J connectivity index is 1.89. The molecule has 1 heterocycles. The van der Waals surface area contributed by atoms with Crippen LogP contribution in [0.15, 0.2) is 4.99 Å². The monoisotopic (exact) mass is 312 g/mol. The van der Waals surface area contributed by atoms with Crippen LogP contribution in [0.25, 0.3) is 0 Å². The average molecular weight is 313 g/mol. The number of ether oxygens (including phenoxy) is 1. The number of hydrogen-bond donors (Lipinski definition) is 2. The van der Waals surface area contributed by atoms with E-state index in [4.69, 9.17) is 4.74 Å². The van der Waals surface area contributed by atoms with Gasteiger partial charge >= 0.3 is 0 Å². The second-order valence-electron chi connectivity index (χ2n) is 6.00. The molecule has 0 aromatic heterocycles. The van der Waals surface area contributed by atoms with Crippen LogP contribution in [0.1, 0.15) is 51.9 Å². The third-order valence-corrected chi connectivity index (χ3v) is 4.02. The van der Waals surface area contributed by atoms with E-state index in [2.05, 4.69) is 27.4 Å². The summed E-state index contributed by atoms with van der Waals surface area (Å²) in [6.45, 7) is 9.68. The fourth-order valence-electron chi connectivity index (χ4n) is 2.62. The zero-order valence-corrected chi connectivity index (χ0v) is 14.7. The van der Waals surface area contributed by atoms with Gasteiger partial charge in [-0.1, -0.05) is 13.3 Å². The van der Waals surface area contributed by atoms with Crippen LogP contribution in [0, 0.1) is 0 Å². The van der Waals surface area contributed by atoms with E-state index in [9.17, 15) is 0 Å². The molecule has 130 valence electrons. The molecule has 22 heavy (non-hydrogen) atoms. The number of likely N-dealkylation sites (tertiary alicyclic amines) is 1. The van der Waals surface area contributed by atoms with E-state index < -0.39 is 0 Å². The lowest BCUT2D eigenvalue weighted by atomic mass is 10.3. The van der Waals surface area contributed by atoms with Gasteiger partial charge in [-0.3, -0.25) is 4.99 Å². The highest BCUT2D eigenvalue weighted by Crippen LogP contribution is 2.07. The van der Waals surface area contributed by atoms with Crippen molar-refractivity contribution in [3.05, 3.63) is 0 Å². The van der Waals surface area contributed by atoms with Gasteiger partial charge in [-0.15, -0.1) is 0 Å². The smallest absolute Gasteiger partial charge is 0.190 e. The molecule has 0 aliphatic carbocycles. The Labute approximate surface area is 136 Å². The van der Waals surface area contributed by atoms with Crippen LogP contribution in [0.4, 0.5) is 0 Å². The minimum atomic E-state index is 0.833. The molecule has 5 nitrogen and oxygen atoms in total. The quantitative estimate of drug-likeness (QED) is 0.330. The first-order chi connectivity index (χ1) is 10.9. The summed E-state index contributed by atoms with van der Waals surface area (Å²) in [5, 5.41) is 6.73. The molecule has 0 spiro atoms. The third kappa shape index (κ3) is 10.0. The van der Waals surface area contributed by atoms with Gasteiger partial charge in [0.15, 0.2) is 5.96 Å². The molecular formula is C17H36N4O. The van der Waals surface area contributed by atoms with Gasteiger partial charge in [0, 0.05) is 33.4 Å². The molecule has 0 amide bonds. The van der Waals surface area contributed by atoms with Crippen molar-refractivity contribution in [3.63, 3.8) is 0 Å². The van der Waals surface area contributed by atoms with Gasteiger partial charge < -0.3 is 20.3 Å². The van der Waals surface area contributed by atoms with Gasteiger partial charge in [-0.05, 0) is 58.2 Å². The molecule has 0 aromatic carbocycles. The summed E-state index contributed by atoms with van der Waals surface area (Å²) < 4.78 is 5.55. The van der Waals surface area contributed by atoms with Crippen molar-refractivity contribution in [1.82, 2.24) is 15.5 Å². The third-order valence-electron chi connectivity index (χ3n) is 4.02. The number of nitrogens with zero attached hydrogens (tertiary/aromatic N) is 2. The maximum absolute atomic E-state index is 5.55. The Morgan fingerprint density at radius 1 is 1.00 bits per heavy atom. The Kier molecular flexibility index (Phi) is 12.1. The number of aliphatic imine (C=N–C) groups is 1. The second kappa shape index (κ2) is 13.8. The summed E-state index contributed by atoms with van der Waals surface area (Å²) in [5.74, 6) is 0.912. The molecule has 1 aliphatic heterocycles. The number of guanidine groups is 1. The normalized spacial score (nSPS) is 16.2. The minimum Gasteiger partial charge on any atom is -0.381 e. The van der Waals surface area contributed by atoms with E-state index in [0.717, 1.165) is 45.1 Å². The molecule has 1 rings (SSSR count). The van der Waals surface area contributed by atoms with Crippen LogP contribution in [-0.2, 0) is 4.74 Å². The van der Waals surface area contributed by atoms with E-state index in [-0.39, 0.29) is 0 Å². The largest absolute Gasteiger partial charge is 0.381 e. The summed E-state index contributed by atoms with van der Waals surface area (Å²) in [6, 6.07) is 0. The Morgan fingerprint density at radius 2 is 1.68 bits per heavy atom. The van der Waals surface area contributed by atoms with Gasteiger partial charge in [-0.2, -0.15) is 0 Å². The van der Waals surface area contributed by atoms with Crippen LogP contribution in [0.5, 0.6) is 0 Å². The van der Waals surface area contributed by atoms with Crippen molar-refractivity contribution < 1.29 is 4.74 Å². The summed E-state index contributed by atoms with van der Waals surface area (Å²) in [7, 11) is 1.83. The SMILES string of the molecule is CCCCOCCCNC(=NC)NCCCCN1CCCC1. The van der Waals surface area contributed by atoms with Crippen molar-refractivity contribution >= 4 is 5.96 Å². The first-order valence-electron chi connectivity index (χ1n) is 9.11. The zero-order chi connectivity index (χ0) is 15.9. The topological polar surface area (TPSA) is 48.9 Å². The van der Waals surface area contributed by atoms with Crippen molar-refractivity contribution in [2.24, 2.45) is 4.99 Å². The highest BCUT2D eigenvalue weighted by atomic mass is 16.5. The maximum Gasteiger partial charge on any atom is 0.190 e. The molecular weight excluding hydrogens is 276 g/mol. The number of nitrogens with one attached hydrogen (secondary N) is 2. The highest BCUT2D eigenvalue weighted by Gasteiger charge is 2.09. The molecule has 0 atom stereocenters. The van der Waals surface area contributed by atoms with Gasteiger partial charge in [-0.25, -0.2) is 0 Å². The summed E-state index contributed by atoms with van der Waals surface area (Å²) in [5.41, 5.74) is 0. The molecule has 0 bridgehead atoms. The van der Waals surface area contributed by atoms with Crippen LogP contribution in [0.2, 0.25) is 0 Å². The zero-order valence-electron chi connectivity index (χ0n) is 14.7. The van der Waals surface area contributed by atoms with Crippen molar-refractivity contribution in [2.45, 2.75) is 51.9 Å². The van der Waals surface area contributed by atoms with Crippen molar-refractivity contribution in [1.29, 1.82) is 0 Å². The van der Waals surface area contributed by atoms with Crippen LogP contribution >= 0.6 is 0 Å².